The molecule has 17 heavy (non-hydrogen) atoms. The second-order valence-corrected chi connectivity index (χ2v) is 3.84. The van der Waals surface area contributed by atoms with Crippen LogP contribution >= 0.6 is 0 Å². The van der Waals surface area contributed by atoms with E-state index in [1.54, 1.807) is 20.2 Å². The molecule has 0 unspecified atom stereocenters. The number of ether oxygens (including phenoxy) is 2. The fourth-order valence-corrected chi connectivity index (χ4v) is 1.46. The predicted molar refractivity (Wildman–Crippen MR) is 59.8 cm³/mol. The number of rotatable bonds is 3. The Balaban J connectivity index is 2.26. The van der Waals surface area contributed by atoms with Crippen molar-refractivity contribution in [3.63, 3.8) is 0 Å². The number of hydrogen-bond acceptors (Lipinski definition) is 4. The molecule has 0 spiro atoms. The smallest absolute Gasteiger partial charge is 0.231 e. The predicted octanol–water partition coefficient (Wildman–Crippen LogP) is 1.97. The minimum Gasteiger partial charge on any atom is -0.454 e. The summed E-state index contributed by atoms with van der Waals surface area (Å²) >= 11 is 0. The average Bonchev–Trinajstić information content (AvgIpc) is 2.73. The number of benzene rings is 1. The highest BCUT2D eigenvalue weighted by atomic mass is 19.1. The molecule has 0 atom stereocenters. The molecule has 1 aliphatic heterocycles. The van der Waals surface area contributed by atoms with Crippen molar-refractivity contribution < 1.29 is 18.7 Å². The van der Waals surface area contributed by atoms with Gasteiger partial charge < -0.3 is 14.4 Å². The first-order chi connectivity index (χ1) is 8.08. The average molecular weight is 237 g/mol. The number of carbonyl (C=O) groups excluding carboxylic acids is 1. The third-order valence-corrected chi connectivity index (χ3v) is 2.22. The van der Waals surface area contributed by atoms with Crippen LogP contribution < -0.4 is 9.47 Å². The number of allylic oxidation sites excluding steroid dienone is 1. The third kappa shape index (κ3) is 2.38. The number of hydrogen-bond donors (Lipinski definition) is 0. The lowest BCUT2D eigenvalue weighted by Crippen LogP contribution is -2.07. The monoisotopic (exact) mass is 237 g/mol. The van der Waals surface area contributed by atoms with Gasteiger partial charge >= 0.3 is 0 Å². The van der Waals surface area contributed by atoms with Crippen molar-refractivity contribution in [2.24, 2.45) is 0 Å². The van der Waals surface area contributed by atoms with Gasteiger partial charge in [0.15, 0.2) is 17.3 Å². The lowest BCUT2D eigenvalue weighted by Gasteiger charge is -2.05. The third-order valence-electron chi connectivity index (χ3n) is 2.22. The summed E-state index contributed by atoms with van der Waals surface area (Å²) in [7, 11) is 3.29. The highest BCUT2D eigenvalue weighted by molar-refractivity contribution is 6.07. The minimum absolute atomic E-state index is 0.128. The summed E-state index contributed by atoms with van der Waals surface area (Å²) in [5.41, 5.74) is 0.241. The zero-order chi connectivity index (χ0) is 12.4. The second-order valence-electron chi connectivity index (χ2n) is 3.84. The molecule has 5 heteroatoms. The first kappa shape index (κ1) is 11.4. The largest absolute Gasteiger partial charge is 0.454 e. The summed E-state index contributed by atoms with van der Waals surface area (Å²) in [6, 6.07) is 4.59. The maximum Gasteiger partial charge on any atom is 0.231 e. The van der Waals surface area contributed by atoms with E-state index in [4.69, 9.17) is 9.47 Å². The van der Waals surface area contributed by atoms with Crippen molar-refractivity contribution in [3.8, 4) is 11.5 Å². The first-order valence-corrected chi connectivity index (χ1v) is 5.06. The molecule has 1 aliphatic rings. The number of carbonyl (C=O) groups is 1. The van der Waals surface area contributed by atoms with Crippen LogP contribution in [-0.2, 0) is 0 Å². The normalized spacial score (nSPS) is 13.7. The Hall–Kier alpha value is -2.04. The van der Waals surface area contributed by atoms with E-state index in [-0.39, 0.29) is 12.4 Å². The number of fused-ring (bicyclic) bond motifs is 1. The van der Waals surface area contributed by atoms with Crippen molar-refractivity contribution in [2.75, 3.05) is 20.9 Å². The van der Waals surface area contributed by atoms with E-state index < -0.39 is 11.6 Å². The molecule has 2 rings (SSSR count). The van der Waals surface area contributed by atoms with Gasteiger partial charge in [-0.3, -0.25) is 4.79 Å². The molecule has 0 saturated carbocycles. The van der Waals surface area contributed by atoms with Crippen LogP contribution in [-0.4, -0.2) is 31.6 Å². The molecule has 0 bridgehead atoms. The molecule has 1 aromatic rings. The molecule has 0 saturated heterocycles. The van der Waals surface area contributed by atoms with Crippen molar-refractivity contribution in [2.45, 2.75) is 0 Å². The molecule has 0 radical (unpaired) electrons. The Kier molecular flexibility index (Phi) is 2.99. The van der Waals surface area contributed by atoms with E-state index in [1.165, 1.54) is 17.0 Å². The highest BCUT2D eigenvalue weighted by Crippen LogP contribution is 2.33. The van der Waals surface area contributed by atoms with Gasteiger partial charge in [0.25, 0.3) is 0 Å². The minimum atomic E-state index is -0.811. The van der Waals surface area contributed by atoms with E-state index in [0.29, 0.717) is 11.5 Å². The molecule has 1 aromatic carbocycles. The van der Waals surface area contributed by atoms with Crippen molar-refractivity contribution in [1.29, 1.82) is 0 Å². The van der Waals surface area contributed by atoms with Crippen LogP contribution in [0.25, 0.3) is 0 Å². The number of nitrogens with zero attached hydrogens (tertiary/aromatic N) is 1. The number of ketones is 1. The van der Waals surface area contributed by atoms with Gasteiger partial charge in [-0.15, -0.1) is 0 Å². The Morgan fingerprint density at radius 3 is 2.76 bits per heavy atom. The van der Waals surface area contributed by atoms with Crippen LogP contribution in [0.15, 0.2) is 30.2 Å². The van der Waals surface area contributed by atoms with Gasteiger partial charge in [-0.05, 0) is 18.2 Å². The fraction of sp³-hybridized carbons (Fsp3) is 0.250. The summed E-state index contributed by atoms with van der Waals surface area (Å²) in [5, 5.41) is 0. The molecule has 0 aliphatic carbocycles. The van der Waals surface area contributed by atoms with Crippen LogP contribution in [0, 0.1) is 0 Å². The summed E-state index contributed by atoms with van der Waals surface area (Å²) in [4.78, 5) is 13.2. The molecule has 90 valence electrons. The van der Waals surface area contributed by atoms with Crippen LogP contribution in [0.3, 0.4) is 0 Å². The van der Waals surface area contributed by atoms with Gasteiger partial charge in [-0.2, -0.15) is 0 Å². The summed E-state index contributed by atoms with van der Waals surface area (Å²) in [6.07, 6.45) is 1.13. The lowest BCUT2D eigenvalue weighted by atomic mass is 10.1. The lowest BCUT2D eigenvalue weighted by molar-refractivity contribution is 0.100. The Labute approximate surface area is 98.2 Å². The van der Waals surface area contributed by atoms with Gasteiger partial charge in [0.05, 0.1) is 0 Å². The van der Waals surface area contributed by atoms with Crippen LogP contribution in [0.1, 0.15) is 10.4 Å². The maximum atomic E-state index is 13.5. The summed E-state index contributed by atoms with van der Waals surface area (Å²) in [5.74, 6) is -0.446. The molecular formula is C12H12FNO3. The van der Waals surface area contributed by atoms with Gasteiger partial charge in [-0.25, -0.2) is 4.39 Å². The van der Waals surface area contributed by atoms with Crippen molar-refractivity contribution in [3.05, 3.63) is 35.8 Å². The van der Waals surface area contributed by atoms with Crippen LogP contribution in [0.2, 0.25) is 0 Å². The summed E-state index contributed by atoms with van der Waals surface area (Å²) < 4.78 is 23.7. The molecule has 0 fully saturated rings. The standard InChI is InChI=1S/C12H12FNO3/c1-14(2)6-9(13)12(15)8-3-4-10-11(5-8)17-7-16-10/h3-6H,7H2,1-2H3/b9-6+. The molecule has 1 heterocycles. The fourth-order valence-electron chi connectivity index (χ4n) is 1.46. The van der Waals surface area contributed by atoms with Crippen molar-refractivity contribution in [1.82, 2.24) is 4.90 Å². The molecular weight excluding hydrogens is 225 g/mol. The number of Topliss-reactive ketones (excluding diaryl/α,β-unsaturated/α-hetero) is 1. The van der Waals surface area contributed by atoms with E-state index >= 15 is 0 Å². The Morgan fingerprint density at radius 1 is 1.35 bits per heavy atom. The molecule has 0 N–H and O–H groups in total. The van der Waals surface area contributed by atoms with E-state index in [0.717, 1.165) is 6.20 Å². The topological polar surface area (TPSA) is 38.8 Å². The zero-order valence-electron chi connectivity index (χ0n) is 9.57. The first-order valence-electron chi connectivity index (χ1n) is 5.06. The van der Waals surface area contributed by atoms with Crippen LogP contribution in [0.4, 0.5) is 4.39 Å². The van der Waals surface area contributed by atoms with Gasteiger partial charge in [0.2, 0.25) is 12.6 Å². The SMILES string of the molecule is CN(C)/C=C(/F)C(=O)c1ccc2c(c1)OCO2. The van der Waals surface area contributed by atoms with Crippen molar-refractivity contribution >= 4 is 5.78 Å². The Bertz CT molecular complexity index is 483. The van der Waals surface area contributed by atoms with E-state index in [2.05, 4.69) is 0 Å². The van der Waals surface area contributed by atoms with E-state index in [1.807, 2.05) is 0 Å². The van der Waals surface area contributed by atoms with Crippen LogP contribution in [0.5, 0.6) is 11.5 Å². The van der Waals surface area contributed by atoms with Gasteiger partial charge in [-0.1, -0.05) is 0 Å². The van der Waals surface area contributed by atoms with Gasteiger partial charge in [0.1, 0.15) is 0 Å². The highest BCUT2D eigenvalue weighted by Gasteiger charge is 2.18. The molecule has 4 nitrogen and oxygen atoms in total. The second kappa shape index (κ2) is 4.45. The quantitative estimate of drug-likeness (QED) is 0.595. The molecule has 0 aromatic heterocycles. The Morgan fingerprint density at radius 2 is 2.06 bits per heavy atom. The van der Waals surface area contributed by atoms with E-state index in [9.17, 15) is 9.18 Å². The maximum absolute atomic E-state index is 13.5. The van der Waals surface area contributed by atoms with Gasteiger partial charge in [0, 0.05) is 25.9 Å². The summed E-state index contributed by atoms with van der Waals surface area (Å²) in [6.45, 7) is 0.128. The molecule has 0 amide bonds. The number of halogens is 1. The zero-order valence-corrected chi connectivity index (χ0v) is 9.57.